The normalized spacial score (nSPS) is 11.3. The zero-order valence-electron chi connectivity index (χ0n) is 8.22. The molecule has 0 spiro atoms. The van der Waals surface area contributed by atoms with Gasteiger partial charge in [-0.15, -0.1) is 0 Å². The lowest BCUT2D eigenvalue weighted by Crippen LogP contribution is -2.04. The van der Waals surface area contributed by atoms with Crippen molar-refractivity contribution in [2.45, 2.75) is 11.8 Å². The number of nitrogens with two attached hydrogens (primary N) is 1. The molecule has 0 aliphatic rings. The Kier molecular flexibility index (Phi) is 2.67. The van der Waals surface area contributed by atoms with Crippen molar-refractivity contribution in [3.05, 3.63) is 27.8 Å². The number of nitro benzene ring substituents is 1. The first-order valence-electron chi connectivity index (χ1n) is 3.98. The van der Waals surface area contributed by atoms with Crippen LogP contribution in [0.3, 0.4) is 0 Å². The highest BCUT2D eigenvalue weighted by atomic mass is 32.2. The lowest BCUT2D eigenvalue weighted by atomic mass is 10.2. The van der Waals surface area contributed by atoms with Gasteiger partial charge >= 0.3 is 0 Å². The number of benzene rings is 1. The van der Waals surface area contributed by atoms with Crippen LogP contribution in [0.2, 0.25) is 0 Å². The standard InChI is InChI=1S/C8H10N2O4S/c1-5-3-6(9)8(15(2,13)14)4-7(5)10(11)12/h3-4H,9H2,1-2H3. The van der Waals surface area contributed by atoms with Crippen LogP contribution < -0.4 is 5.73 Å². The highest BCUT2D eigenvalue weighted by molar-refractivity contribution is 7.90. The van der Waals surface area contributed by atoms with E-state index in [-0.39, 0.29) is 16.3 Å². The monoisotopic (exact) mass is 230 g/mol. The molecule has 0 bridgehead atoms. The second kappa shape index (κ2) is 3.50. The summed E-state index contributed by atoms with van der Waals surface area (Å²) < 4.78 is 22.5. The average molecular weight is 230 g/mol. The highest BCUT2D eigenvalue weighted by Gasteiger charge is 2.19. The van der Waals surface area contributed by atoms with E-state index in [2.05, 4.69) is 0 Å². The van der Waals surface area contributed by atoms with Gasteiger partial charge in [-0.3, -0.25) is 10.1 Å². The summed E-state index contributed by atoms with van der Waals surface area (Å²) in [6.07, 6.45) is 0.956. The van der Waals surface area contributed by atoms with Gasteiger partial charge in [0.05, 0.1) is 15.5 Å². The molecule has 0 amide bonds. The number of nitrogens with zero attached hydrogens (tertiary/aromatic N) is 1. The lowest BCUT2D eigenvalue weighted by Gasteiger charge is -2.05. The number of hydrogen-bond donors (Lipinski definition) is 1. The number of hydrogen-bond acceptors (Lipinski definition) is 5. The predicted octanol–water partition coefficient (Wildman–Crippen LogP) is 0.889. The molecule has 15 heavy (non-hydrogen) atoms. The molecule has 1 rings (SSSR count). The second-order valence-corrected chi connectivity index (χ2v) is 5.19. The van der Waals surface area contributed by atoms with E-state index in [9.17, 15) is 18.5 Å². The molecule has 0 aliphatic carbocycles. The summed E-state index contributed by atoms with van der Waals surface area (Å²) in [6, 6.07) is 2.27. The Morgan fingerprint density at radius 1 is 1.40 bits per heavy atom. The molecule has 0 fully saturated rings. The fraction of sp³-hybridized carbons (Fsp3) is 0.250. The van der Waals surface area contributed by atoms with Crippen molar-refractivity contribution >= 4 is 21.2 Å². The van der Waals surface area contributed by atoms with E-state index in [0.717, 1.165) is 12.3 Å². The Hall–Kier alpha value is -1.63. The minimum absolute atomic E-state index is 0.0283. The van der Waals surface area contributed by atoms with Gasteiger partial charge < -0.3 is 5.73 Å². The smallest absolute Gasteiger partial charge is 0.273 e. The number of nitro groups is 1. The summed E-state index contributed by atoms with van der Waals surface area (Å²) in [6.45, 7) is 1.50. The summed E-state index contributed by atoms with van der Waals surface area (Å²) >= 11 is 0. The van der Waals surface area contributed by atoms with Crippen molar-refractivity contribution in [2.24, 2.45) is 0 Å². The van der Waals surface area contributed by atoms with Crippen LogP contribution in [-0.2, 0) is 9.84 Å². The summed E-state index contributed by atoms with van der Waals surface area (Å²) in [7, 11) is -3.54. The molecule has 0 aromatic heterocycles. The van der Waals surface area contributed by atoms with E-state index in [0.29, 0.717) is 5.56 Å². The van der Waals surface area contributed by atoms with Crippen LogP contribution in [0.15, 0.2) is 17.0 Å². The minimum Gasteiger partial charge on any atom is -0.398 e. The van der Waals surface area contributed by atoms with Gasteiger partial charge in [0, 0.05) is 17.9 Å². The van der Waals surface area contributed by atoms with Crippen molar-refractivity contribution < 1.29 is 13.3 Å². The molecule has 0 aliphatic heterocycles. The molecule has 7 heteroatoms. The Balaban J connectivity index is 3.58. The predicted molar refractivity (Wildman–Crippen MR) is 55.4 cm³/mol. The van der Waals surface area contributed by atoms with Gasteiger partial charge in [-0.25, -0.2) is 8.42 Å². The molecule has 0 saturated heterocycles. The number of nitrogen functional groups attached to an aromatic ring is 1. The molecule has 6 nitrogen and oxygen atoms in total. The van der Waals surface area contributed by atoms with Crippen LogP contribution in [0, 0.1) is 17.0 Å². The van der Waals surface area contributed by atoms with Gasteiger partial charge in [0.25, 0.3) is 5.69 Å². The maximum atomic E-state index is 11.2. The van der Waals surface area contributed by atoms with Crippen molar-refractivity contribution in [3.8, 4) is 0 Å². The van der Waals surface area contributed by atoms with Crippen LogP contribution in [0.1, 0.15) is 5.56 Å². The quantitative estimate of drug-likeness (QED) is 0.461. The fourth-order valence-electron chi connectivity index (χ4n) is 1.22. The van der Waals surface area contributed by atoms with Crippen LogP contribution in [0.25, 0.3) is 0 Å². The van der Waals surface area contributed by atoms with Gasteiger partial charge in [-0.05, 0) is 13.0 Å². The number of aryl methyl sites for hydroxylation is 1. The largest absolute Gasteiger partial charge is 0.398 e. The molecule has 82 valence electrons. The Labute approximate surface area is 86.8 Å². The number of rotatable bonds is 2. The van der Waals surface area contributed by atoms with Crippen molar-refractivity contribution in [1.82, 2.24) is 0 Å². The molecule has 0 unspecified atom stereocenters. The first-order chi connectivity index (χ1) is 6.73. The molecule has 0 atom stereocenters. The summed E-state index contributed by atoms with van der Waals surface area (Å²) in [4.78, 5) is 9.74. The van der Waals surface area contributed by atoms with E-state index >= 15 is 0 Å². The molecule has 2 N–H and O–H groups in total. The van der Waals surface area contributed by atoms with Gasteiger partial charge in [0.2, 0.25) is 0 Å². The molecule has 1 aromatic rings. The fourth-order valence-corrected chi connectivity index (χ4v) is 2.03. The summed E-state index contributed by atoms with van der Waals surface area (Å²) in [5, 5.41) is 10.6. The third-order valence-corrected chi connectivity index (χ3v) is 3.08. The molecule has 0 saturated carbocycles. The van der Waals surface area contributed by atoms with Crippen LogP contribution in [0.5, 0.6) is 0 Å². The average Bonchev–Trinajstić information content (AvgIpc) is 2.00. The van der Waals surface area contributed by atoms with Crippen molar-refractivity contribution in [1.29, 1.82) is 0 Å². The topological polar surface area (TPSA) is 103 Å². The van der Waals surface area contributed by atoms with E-state index in [1.54, 1.807) is 0 Å². The third-order valence-electron chi connectivity index (χ3n) is 1.92. The number of anilines is 1. The van der Waals surface area contributed by atoms with Gasteiger partial charge in [0.1, 0.15) is 0 Å². The van der Waals surface area contributed by atoms with Gasteiger partial charge in [0.15, 0.2) is 9.84 Å². The molecular formula is C8H10N2O4S. The van der Waals surface area contributed by atoms with E-state index in [1.807, 2.05) is 0 Å². The molecule has 0 heterocycles. The molecule has 1 aromatic carbocycles. The molecule has 0 radical (unpaired) electrons. The zero-order chi connectivity index (χ0) is 11.8. The Morgan fingerprint density at radius 3 is 2.33 bits per heavy atom. The minimum atomic E-state index is -3.54. The maximum absolute atomic E-state index is 11.2. The Morgan fingerprint density at radius 2 is 1.93 bits per heavy atom. The summed E-state index contributed by atoms with van der Waals surface area (Å²) in [5.74, 6) is 0. The lowest BCUT2D eigenvalue weighted by molar-refractivity contribution is -0.385. The van der Waals surface area contributed by atoms with Crippen molar-refractivity contribution in [3.63, 3.8) is 0 Å². The Bertz CT molecular complexity index is 522. The summed E-state index contributed by atoms with van der Waals surface area (Å²) in [5.41, 5.74) is 5.60. The third kappa shape index (κ3) is 2.24. The first kappa shape index (κ1) is 11.4. The van der Waals surface area contributed by atoms with E-state index in [1.165, 1.54) is 13.0 Å². The van der Waals surface area contributed by atoms with E-state index in [4.69, 9.17) is 5.73 Å². The van der Waals surface area contributed by atoms with Crippen LogP contribution >= 0.6 is 0 Å². The van der Waals surface area contributed by atoms with E-state index < -0.39 is 14.8 Å². The van der Waals surface area contributed by atoms with Gasteiger partial charge in [-0.2, -0.15) is 0 Å². The second-order valence-electron chi connectivity index (χ2n) is 3.21. The van der Waals surface area contributed by atoms with Crippen LogP contribution in [-0.4, -0.2) is 19.6 Å². The molecular weight excluding hydrogens is 220 g/mol. The van der Waals surface area contributed by atoms with Crippen molar-refractivity contribution in [2.75, 3.05) is 12.0 Å². The highest BCUT2D eigenvalue weighted by Crippen LogP contribution is 2.27. The number of sulfone groups is 1. The zero-order valence-corrected chi connectivity index (χ0v) is 9.04. The maximum Gasteiger partial charge on any atom is 0.273 e. The SMILES string of the molecule is Cc1cc(N)c(S(C)(=O)=O)cc1[N+](=O)[O-]. The first-order valence-corrected chi connectivity index (χ1v) is 5.87. The van der Waals surface area contributed by atoms with Crippen LogP contribution in [0.4, 0.5) is 11.4 Å². The van der Waals surface area contributed by atoms with Gasteiger partial charge in [-0.1, -0.05) is 0 Å².